The number of aliphatic hydroxyl groups is 1. The van der Waals surface area contributed by atoms with Gasteiger partial charge >= 0.3 is 0 Å². The van der Waals surface area contributed by atoms with Crippen LogP contribution >= 0.6 is 0 Å². The Labute approximate surface area is 58.4 Å². The molecule has 4 heteroatoms. The number of aliphatic hydroxyl groups excluding tert-OH is 1. The summed E-state index contributed by atoms with van der Waals surface area (Å²) in [6.45, 7) is 1.22. The molecule has 0 amide bonds. The van der Waals surface area contributed by atoms with E-state index in [4.69, 9.17) is 14.7 Å². The van der Waals surface area contributed by atoms with Crippen molar-refractivity contribution in [3.05, 3.63) is 0 Å². The van der Waals surface area contributed by atoms with Crippen LogP contribution in [0, 0.1) is 0 Å². The minimum atomic E-state index is -0.196. The number of ether oxygens (including phenoxy) is 1. The molecule has 56 valence electrons. The largest absolute Gasteiger partial charge is 0.390 e. The zero-order valence-corrected chi connectivity index (χ0v) is 5.54. The number of hydrogen-bond acceptors (Lipinski definition) is 4. The lowest BCUT2D eigenvalue weighted by Gasteiger charge is -2.34. The predicted molar refractivity (Wildman–Crippen MR) is 33.8 cm³/mol. The summed E-state index contributed by atoms with van der Waals surface area (Å²) in [5.41, 5.74) is 0.529. The van der Waals surface area contributed by atoms with Crippen molar-refractivity contribution < 1.29 is 14.7 Å². The molecule has 2 aliphatic heterocycles. The van der Waals surface area contributed by atoms with Crippen molar-refractivity contribution >= 4 is 5.71 Å². The molecule has 2 heterocycles. The SMILES string of the molecule is OCC1=NOC2(COC2)C1. The van der Waals surface area contributed by atoms with Crippen LogP contribution < -0.4 is 0 Å². The molecule has 4 nitrogen and oxygen atoms in total. The summed E-state index contributed by atoms with van der Waals surface area (Å²) >= 11 is 0. The normalized spacial score (nSPS) is 27.5. The Kier molecular flexibility index (Phi) is 1.18. The van der Waals surface area contributed by atoms with E-state index in [1.165, 1.54) is 0 Å². The highest BCUT2D eigenvalue weighted by Gasteiger charge is 2.46. The first kappa shape index (κ1) is 6.12. The van der Waals surface area contributed by atoms with Gasteiger partial charge in [0.25, 0.3) is 0 Å². The minimum absolute atomic E-state index is 0.00174. The molecule has 0 bridgehead atoms. The Hall–Kier alpha value is -0.610. The summed E-state index contributed by atoms with van der Waals surface area (Å²) in [6, 6.07) is 0. The molecule has 1 fully saturated rings. The van der Waals surface area contributed by atoms with Gasteiger partial charge in [-0.05, 0) is 0 Å². The van der Waals surface area contributed by atoms with Crippen LogP contribution in [-0.2, 0) is 9.57 Å². The smallest absolute Gasteiger partial charge is 0.189 e. The summed E-state index contributed by atoms with van der Waals surface area (Å²) in [5, 5.41) is 12.4. The first-order valence-electron chi connectivity index (χ1n) is 3.27. The number of oxime groups is 1. The van der Waals surface area contributed by atoms with E-state index in [1.54, 1.807) is 0 Å². The molecule has 1 spiro atoms. The molecule has 1 saturated heterocycles. The summed E-state index contributed by atoms with van der Waals surface area (Å²) in [7, 11) is 0. The Balaban J connectivity index is 1.98. The lowest BCUT2D eigenvalue weighted by Crippen LogP contribution is -2.49. The van der Waals surface area contributed by atoms with Gasteiger partial charge in [-0.25, -0.2) is 0 Å². The van der Waals surface area contributed by atoms with E-state index in [-0.39, 0.29) is 12.2 Å². The molecule has 0 radical (unpaired) electrons. The fourth-order valence-corrected chi connectivity index (χ4v) is 1.17. The van der Waals surface area contributed by atoms with Gasteiger partial charge in [-0.3, -0.25) is 0 Å². The molecule has 2 rings (SSSR count). The van der Waals surface area contributed by atoms with Crippen LogP contribution in [-0.4, -0.2) is 36.2 Å². The summed E-state index contributed by atoms with van der Waals surface area (Å²) in [5.74, 6) is 0. The van der Waals surface area contributed by atoms with E-state index in [0.717, 1.165) is 12.1 Å². The maximum Gasteiger partial charge on any atom is 0.189 e. The Morgan fingerprint density at radius 3 is 2.70 bits per heavy atom. The first-order valence-corrected chi connectivity index (χ1v) is 3.27. The monoisotopic (exact) mass is 143 g/mol. The molecule has 10 heavy (non-hydrogen) atoms. The molecule has 0 unspecified atom stereocenters. The second-order valence-corrected chi connectivity index (χ2v) is 2.76. The van der Waals surface area contributed by atoms with Gasteiger partial charge in [0, 0.05) is 6.42 Å². The quantitative estimate of drug-likeness (QED) is 0.539. The van der Waals surface area contributed by atoms with Gasteiger partial charge in [-0.2, -0.15) is 0 Å². The third kappa shape index (κ3) is 0.726. The molecular formula is C6H9NO3. The fourth-order valence-electron chi connectivity index (χ4n) is 1.17. The van der Waals surface area contributed by atoms with Gasteiger partial charge < -0.3 is 14.7 Å². The van der Waals surface area contributed by atoms with E-state index in [9.17, 15) is 0 Å². The van der Waals surface area contributed by atoms with E-state index in [2.05, 4.69) is 5.16 Å². The molecule has 1 N–H and O–H groups in total. The standard InChI is InChI=1S/C6H9NO3/c8-2-5-1-6(10-7-5)3-9-4-6/h8H,1-4H2. The average Bonchev–Trinajstić information content (AvgIpc) is 2.29. The van der Waals surface area contributed by atoms with Crippen molar-refractivity contribution in [2.45, 2.75) is 12.0 Å². The number of rotatable bonds is 1. The maximum atomic E-state index is 8.67. The van der Waals surface area contributed by atoms with Gasteiger partial charge in [0.15, 0.2) is 5.60 Å². The summed E-state index contributed by atoms with van der Waals surface area (Å²) in [4.78, 5) is 5.08. The Morgan fingerprint density at radius 1 is 1.60 bits per heavy atom. The van der Waals surface area contributed by atoms with Gasteiger partial charge in [0.05, 0.1) is 25.5 Å². The van der Waals surface area contributed by atoms with Crippen LogP contribution in [0.2, 0.25) is 0 Å². The topological polar surface area (TPSA) is 51.1 Å². The Bertz CT molecular complexity index is 174. The molecule has 0 aromatic heterocycles. The van der Waals surface area contributed by atoms with E-state index in [1.807, 2.05) is 0 Å². The number of hydrogen-bond donors (Lipinski definition) is 1. The molecule has 2 aliphatic rings. The second-order valence-electron chi connectivity index (χ2n) is 2.76. The molecule has 0 aliphatic carbocycles. The van der Waals surface area contributed by atoms with E-state index >= 15 is 0 Å². The summed E-state index contributed by atoms with van der Waals surface area (Å²) in [6.07, 6.45) is 0.726. The lowest BCUT2D eigenvalue weighted by molar-refractivity contribution is -0.194. The Morgan fingerprint density at radius 2 is 2.40 bits per heavy atom. The lowest BCUT2D eigenvalue weighted by atomic mass is 9.96. The van der Waals surface area contributed by atoms with Crippen molar-refractivity contribution in [3.8, 4) is 0 Å². The minimum Gasteiger partial charge on any atom is -0.390 e. The highest BCUT2D eigenvalue weighted by Crippen LogP contribution is 2.30. The van der Waals surface area contributed by atoms with E-state index < -0.39 is 0 Å². The molecular weight excluding hydrogens is 134 g/mol. The second kappa shape index (κ2) is 1.93. The molecule has 0 aromatic carbocycles. The highest BCUT2D eigenvalue weighted by atomic mass is 16.7. The van der Waals surface area contributed by atoms with Crippen LogP contribution in [0.3, 0.4) is 0 Å². The summed E-state index contributed by atoms with van der Waals surface area (Å²) < 4.78 is 4.97. The third-order valence-corrected chi connectivity index (χ3v) is 1.81. The fraction of sp³-hybridized carbons (Fsp3) is 0.833. The maximum absolute atomic E-state index is 8.67. The number of nitrogens with zero attached hydrogens (tertiary/aromatic N) is 1. The van der Waals surface area contributed by atoms with Crippen LogP contribution in [0.4, 0.5) is 0 Å². The van der Waals surface area contributed by atoms with Crippen molar-refractivity contribution in [2.75, 3.05) is 19.8 Å². The average molecular weight is 143 g/mol. The van der Waals surface area contributed by atoms with Crippen molar-refractivity contribution in [1.82, 2.24) is 0 Å². The van der Waals surface area contributed by atoms with Crippen LogP contribution in [0.25, 0.3) is 0 Å². The predicted octanol–water partition coefficient (Wildman–Crippen LogP) is -0.476. The highest BCUT2D eigenvalue weighted by molar-refractivity contribution is 5.87. The van der Waals surface area contributed by atoms with E-state index in [0.29, 0.717) is 13.2 Å². The van der Waals surface area contributed by atoms with Gasteiger partial charge in [-0.15, -0.1) is 0 Å². The van der Waals surface area contributed by atoms with Crippen molar-refractivity contribution in [1.29, 1.82) is 0 Å². The van der Waals surface area contributed by atoms with Gasteiger partial charge in [0.1, 0.15) is 0 Å². The van der Waals surface area contributed by atoms with Crippen molar-refractivity contribution in [2.24, 2.45) is 5.16 Å². The molecule has 0 saturated carbocycles. The molecule has 0 aromatic rings. The zero-order chi connectivity index (χ0) is 7.03. The van der Waals surface area contributed by atoms with Crippen LogP contribution in [0.15, 0.2) is 5.16 Å². The van der Waals surface area contributed by atoms with Gasteiger partial charge in [0.2, 0.25) is 0 Å². The van der Waals surface area contributed by atoms with Crippen LogP contribution in [0.1, 0.15) is 6.42 Å². The third-order valence-electron chi connectivity index (χ3n) is 1.81. The van der Waals surface area contributed by atoms with Crippen molar-refractivity contribution in [3.63, 3.8) is 0 Å². The van der Waals surface area contributed by atoms with Gasteiger partial charge in [-0.1, -0.05) is 5.16 Å². The zero-order valence-electron chi connectivity index (χ0n) is 5.54. The molecule has 0 atom stereocenters. The first-order chi connectivity index (χ1) is 4.85. The van der Waals surface area contributed by atoms with Crippen LogP contribution in [0.5, 0.6) is 0 Å².